The Hall–Kier alpha value is -3.07. The first-order valence-electron chi connectivity index (χ1n) is 8.46. The third-order valence-corrected chi connectivity index (χ3v) is 3.99. The molecule has 3 nitrogen and oxygen atoms in total. The number of benzene rings is 3. The Balaban J connectivity index is 1.50. The standard InChI is InChI=1S/C22H22N2O/c1-17-7-9-18(10-8-17)11-16-22(25)24-21-14-12-20(13-15-21)23-19-5-3-2-4-6-19/h2-10,12-15,23H,11,16H2,1H3,(H,24,25). The van der Waals surface area contributed by atoms with Crippen LogP contribution < -0.4 is 10.6 Å². The van der Waals surface area contributed by atoms with Gasteiger partial charge in [0.25, 0.3) is 0 Å². The highest BCUT2D eigenvalue weighted by atomic mass is 16.1. The molecule has 0 saturated heterocycles. The van der Waals surface area contributed by atoms with E-state index in [0.29, 0.717) is 6.42 Å². The van der Waals surface area contributed by atoms with Crippen LogP contribution >= 0.6 is 0 Å². The number of aryl methyl sites for hydroxylation is 2. The Morgan fingerprint density at radius 1 is 0.760 bits per heavy atom. The third kappa shape index (κ3) is 5.21. The van der Waals surface area contributed by atoms with Gasteiger partial charge in [0.15, 0.2) is 0 Å². The Morgan fingerprint density at radius 3 is 2.04 bits per heavy atom. The van der Waals surface area contributed by atoms with Crippen LogP contribution in [0.5, 0.6) is 0 Å². The quantitative estimate of drug-likeness (QED) is 0.643. The Bertz CT molecular complexity index is 809. The summed E-state index contributed by atoms with van der Waals surface area (Å²) in [4.78, 5) is 12.1. The summed E-state index contributed by atoms with van der Waals surface area (Å²) < 4.78 is 0. The van der Waals surface area contributed by atoms with Gasteiger partial charge >= 0.3 is 0 Å². The minimum Gasteiger partial charge on any atom is -0.356 e. The summed E-state index contributed by atoms with van der Waals surface area (Å²) in [6.07, 6.45) is 1.23. The van der Waals surface area contributed by atoms with Crippen LogP contribution in [0, 0.1) is 6.92 Å². The van der Waals surface area contributed by atoms with Gasteiger partial charge in [0.2, 0.25) is 5.91 Å². The van der Waals surface area contributed by atoms with Crippen molar-refractivity contribution in [1.82, 2.24) is 0 Å². The molecule has 0 unspecified atom stereocenters. The van der Waals surface area contributed by atoms with E-state index in [2.05, 4.69) is 41.8 Å². The maximum Gasteiger partial charge on any atom is 0.224 e. The van der Waals surface area contributed by atoms with E-state index in [1.165, 1.54) is 11.1 Å². The molecule has 0 fully saturated rings. The SMILES string of the molecule is Cc1ccc(CCC(=O)Nc2ccc(Nc3ccccc3)cc2)cc1. The van der Waals surface area contributed by atoms with Gasteiger partial charge in [-0.3, -0.25) is 4.79 Å². The minimum atomic E-state index is 0.0318. The molecule has 1 amide bonds. The lowest BCUT2D eigenvalue weighted by Gasteiger charge is -2.09. The van der Waals surface area contributed by atoms with E-state index in [-0.39, 0.29) is 5.91 Å². The average Bonchev–Trinajstić information content (AvgIpc) is 2.64. The van der Waals surface area contributed by atoms with E-state index in [1.54, 1.807) is 0 Å². The molecule has 0 aliphatic carbocycles. The van der Waals surface area contributed by atoms with Gasteiger partial charge in [0.05, 0.1) is 0 Å². The second-order valence-corrected chi connectivity index (χ2v) is 6.10. The number of anilines is 3. The number of para-hydroxylation sites is 1. The molecule has 3 aromatic rings. The predicted molar refractivity (Wildman–Crippen MR) is 104 cm³/mol. The van der Waals surface area contributed by atoms with Crippen molar-refractivity contribution in [2.75, 3.05) is 10.6 Å². The number of rotatable bonds is 6. The summed E-state index contributed by atoms with van der Waals surface area (Å²) in [6.45, 7) is 2.06. The van der Waals surface area contributed by atoms with E-state index in [9.17, 15) is 4.79 Å². The van der Waals surface area contributed by atoms with E-state index in [1.807, 2.05) is 54.6 Å². The van der Waals surface area contributed by atoms with Crippen LogP contribution in [-0.4, -0.2) is 5.91 Å². The molecule has 3 rings (SSSR count). The molecule has 0 atom stereocenters. The molecule has 0 radical (unpaired) electrons. The van der Waals surface area contributed by atoms with E-state index in [0.717, 1.165) is 23.5 Å². The summed E-state index contributed by atoms with van der Waals surface area (Å²) in [6, 6.07) is 26.0. The molecule has 0 spiro atoms. The molecule has 126 valence electrons. The van der Waals surface area contributed by atoms with Crippen LogP contribution in [0.4, 0.5) is 17.1 Å². The predicted octanol–water partition coefficient (Wildman–Crippen LogP) is 5.31. The molecule has 0 heterocycles. The summed E-state index contributed by atoms with van der Waals surface area (Å²) in [7, 11) is 0. The summed E-state index contributed by atoms with van der Waals surface area (Å²) in [5.41, 5.74) is 5.26. The lowest BCUT2D eigenvalue weighted by Crippen LogP contribution is -2.12. The van der Waals surface area contributed by atoms with Gasteiger partial charge < -0.3 is 10.6 Å². The van der Waals surface area contributed by atoms with Crippen LogP contribution in [0.25, 0.3) is 0 Å². The van der Waals surface area contributed by atoms with Crippen molar-refractivity contribution in [3.05, 3.63) is 90.0 Å². The molecule has 0 aliphatic rings. The molecular weight excluding hydrogens is 308 g/mol. The average molecular weight is 330 g/mol. The fourth-order valence-electron chi connectivity index (χ4n) is 2.56. The molecule has 3 heteroatoms. The fourth-order valence-corrected chi connectivity index (χ4v) is 2.56. The van der Waals surface area contributed by atoms with Gasteiger partial charge in [0.1, 0.15) is 0 Å². The first kappa shape index (κ1) is 16.8. The highest BCUT2D eigenvalue weighted by Crippen LogP contribution is 2.19. The van der Waals surface area contributed by atoms with Gasteiger partial charge in [-0.15, -0.1) is 0 Å². The molecule has 0 bridgehead atoms. The van der Waals surface area contributed by atoms with Crippen LogP contribution in [-0.2, 0) is 11.2 Å². The summed E-state index contributed by atoms with van der Waals surface area (Å²) in [5, 5.41) is 6.27. The van der Waals surface area contributed by atoms with E-state index < -0.39 is 0 Å². The van der Waals surface area contributed by atoms with E-state index in [4.69, 9.17) is 0 Å². The Kier molecular flexibility index (Phi) is 5.47. The van der Waals surface area contributed by atoms with Crippen molar-refractivity contribution in [3.63, 3.8) is 0 Å². The molecule has 3 aromatic carbocycles. The Labute approximate surface area is 148 Å². The molecular formula is C22H22N2O. The van der Waals surface area contributed by atoms with E-state index >= 15 is 0 Å². The fraction of sp³-hybridized carbons (Fsp3) is 0.136. The Morgan fingerprint density at radius 2 is 1.36 bits per heavy atom. The maximum atomic E-state index is 12.1. The van der Waals surface area contributed by atoms with Gasteiger partial charge in [-0.2, -0.15) is 0 Å². The second kappa shape index (κ2) is 8.15. The molecule has 0 saturated carbocycles. The zero-order valence-corrected chi connectivity index (χ0v) is 14.3. The first-order valence-corrected chi connectivity index (χ1v) is 8.46. The largest absolute Gasteiger partial charge is 0.356 e. The lowest BCUT2D eigenvalue weighted by atomic mass is 10.1. The first-order chi connectivity index (χ1) is 12.2. The summed E-state index contributed by atoms with van der Waals surface area (Å²) >= 11 is 0. The normalized spacial score (nSPS) is 10.3. The number of nitrogens with one attached hydrogen (secondary N) is 2. The zero-order valence-electron chi connectivity index (χ0n) is 14.3. The number of carbonyl (C=O) groups is 1. The topological polar surface area (TPSA) is 41.1 Å². The van der Waals surface area contributed by atoms with Crippen LogP contribution in [0.15, 0.2) is 78.9 Å². The minimum absolute atomic E-state index is 0.0318. The number of amides is 1. The van der Waals surface area contributed by atoms with Crippen molar-refractivity contribution in [2.45, 2.75) is 19.8 Å². The summed E-state index contributed by atoms with van der Waals surface area (Å²) in [5.74, 6) is 0.0318. The van der Waals surface area contributed by atoms with Crippen LogP contribution in [0.2, 0.25) is 0 Å². The van der Waals surface area contributed by atoms with Crippen LogP contribution in [0.3, 0.4) is 0 Å². The van der Waals surface area contributed by atoms with Crippen molar-refractivity contribution >= 4 is 23.0 Å². The highest BCUT2D eigenvalue weighted by Gasteiger charge is 2.04. The van der Waals surface area contributed by atoms with Crippen molar-refractivity contribution < 1.29 is 4.79 Å². The van der Waals surface area contributed by atoms with Crippen molar-refractivity contribution in [1.29, 1.82) is 0 Å². The third-order valence-electron chi connectivity index (χ3n) is 3.99. The number of carbonyl (C=O) groups excluding carboxylic acids is 1. The van der Waals surface area contributed by atoms with Crippen molar-refractivity contribution in [2.24, 2.45) is 0 Å². The van der Waals surface area contributed by atoms with Crippen molar-refractivity contribution in [3.8, 4) is 0 Å². The number of hydrogen-bond donors (Lipinski definition) is 2. The lowest BCUT2D eigenvalue weighted by molar-refractivity contribution is -0.116. The second-order valence-electron chi connectivity index (χ2n) is 6.10. The smallest absolute Gasteiger partial charge is 0.224 e. The monoisotopic (exact) mass is 330 g/mol. The molecule has 0 aliphatic heterocycles. The molecule has 2 N–H and O–H groups in total. The highest BCUT2D eigenvalue weighted by molar-refractivity contribution is 5.91. The van der Waals surface area contributed by atoms with Gasteiger partial charge in [0, 0.05) is 23.5 Å². The van der Waals surface area contributed by atoms with Gasteiger partial charge in [-0.25, -0.2) is 0 Å². The molecule has 0 aromatic heterocycles. The van der Waals surface area contributed by atoms with Gasteiger partial charge in [-0.1, -0.05) is 48.0 Å². The maximum absolute atomic E-state index is 12.1. The van der Waals surface area contributed by atoms with Crippen LogP contribution in [0.1, 0.15) is 17.5 Å². The number of hydrogen-bond acceptors (Lipinski definition) is 2. The zero-order chi connectivity index (χ0) is 17.5. The van der Waals surface area contributed by atoms with Gasteiger partial charge in [-0.05, 0) is 55.3 Å². The molecule has 25 heavy (non-hydrogen) atoms.